The van der Waals surface area contributed by atoms with Gasteiger partial charge in [-0.25, -0.2) is 18.5 Å². The van der Waals surface area contributed by atoms with Crippen LogP contribution in [0.1, 0.15) is 37.7 Å². The summed E-state index contributed by atoms with van der Waals surface area (Å²) in [6.45, 7) is 0.654. The van der Waals surface area contributed by atoms with Crippen molar-refractivity contribution in [3.63, 3.8) is 0 Å². The first-order chi connectivity index (χ1) is 12.5. The molecule has 2 aromatic rings. The lowest BCUT2D eigenvalue weighted by molar-refractivity contribution is 0.462. The predicted molar refractivity (Wildman–Crippen MR) is 103 cm³/mol. The van der Waals surface area contributed by atoms with E-state index in [-0.39, 0.29) is 4.90 Å². The third kappa shape index (κ3) is 5.40. The first-order valence-corrected chi connectivity index (χ1v) is 10.5. The fourth-order valence-corrected chi connectivity index (χ4v) is 3.66. The van der Waals surface area contributed by atoms with E-state index in [2.05, 4.69) is 20.6 Å². The maximum Gasteiger partial charge on any atom is 0.238 e. The fourth-order valence-electron chi connectivity index (χ4n) is 3.14. The maximum atomic E-state index is 11.3. The Morgan fingerprint density at radius 2 is 1.81 bits per heavy atom. The summed E-state index contributed by atoms with van der Waals surface area (Å²) >= 11 is 0. The zero-order chi connectivity index (χ0) is 18.4. The van der Waals surface area contributed by atoms with Crippen LogP contribution in [0.3, 0.4) is 0 Å². The molecule has 1 heterocycles. The van der Waals surface area contributed by atoms with Crippen molar-refractivity contribution in [3.05, 3.63) is 42.1 Å². The second-order valence-corrected chi connectivity index (χ2v) is 8.17. The van der Waals surface area contributed by atoms with E-state index in [4.69, 9.17) is 5.14 Å². The molecule has 1 saturated carbocycles. The summed E-state index contributed by atoms with van der Waals surface area (Å²) in [5, 5.41) is 11.8. The Kier molecular flexibility index (Phi) is 6.05. The molecule has 0 aliphatic heterocycles. The van der Waals surface area contributed by atoms with Gasteiger partial charge in [-0.2, -0.15) is 4.98 Å². The molecule has 1 aromatic carbocycles. The number of nitrogens with two attached hydrogens (primary N) is 1. The minimum atomic E-state index is -3.64. The fraction of sp³-hybridized carbons (Fsp3) is 0.444. The number of hydrogen-bond acceptors (Lipinski definition) is 6. The van der Waals surface area contributed by atoms with E-state index in [1.54, 1.807) is 18.3 Å². The molecule has 3 rings (SSSR count). The highest BCUT2D eigenvalue weighted by Crippen LogP contribution is 2.21. The molecule has 1 aliphatic rings. The maximum absolute atomic E-state index is 11.3. The summed E-state index contributed by atoms with van der Waals surface area (Å²) < 4.78 is 22.5. The predicted octanol–water partition coefficient (Wildman–Crippen LogP) is 2.52. The van der Waals surface area contributed by atoms with Crippen LogP contribution in [0, 0.1) is 0 Å². The number of nitrogens with zero attached hydrogens (tertiary/aromatic N) is 2. The van der Waals surface area contributed by atoms with Crippen LogP contribution < -0.4 is 15.8 Å². The number of sulfonamides is 1. The van der Waals surface area contributed by atoms with Gasteiger partial charge in [0.1, 0.15) is 5.82 Å². The van der Waals surface area contributed by atoms with Crippen molar-refractivity contribution < 1.29 is 8.42 Å². The third-order valence-electron chi connectivity index (χ3n) is 4.56. The van der Waals surface area contributed by atoms with E-state index in [0.717, 1.165) is 17.8 Å². The van der Waals surface area contributed by atoms with Crippen LogP contribution in [-0.2, 0) is 16.4 Å². The molecule has 7 nitrogen and oxygen atoms in total. The molecule has 1 aliphatic carbocycles. The zero-order valence-electron chi connectivity index (χ0n) is 14.7. The van der Waals surface area contributed by atoms with Crippen LogP contribution in [-0.4, -0.2) is 31.0 Å². The van der Waals surface area contributed by atoms with Crippen LogP contribution in [0.25, 0.3) is 0 Å². The number of nitrogens with one attached hydrogen (secondary N) is 2. The largest absolute Gasteiger partial charge is 0.367 e. The molecule has 0 saturated heterocycles. The Morgan fingerprint density at radius 3 is 2.50 bits per heavy atom. The monoisotopic (exact) mass is 375 g/mol. The van der Waals surface area contributed by atoms with Gasteiger partial charge in [0.15, 0.2) is 0 Å². The topological polar surface area (TPSA) is 110 Å². The summed E-state index contributed by atoms with van der Waals surface area (Å²) in [6.07, 6.45) is 8.75. The van der Waals surface area contributed by atoms with Gasteiger partial charge in [-0.15, -0.1) is 0 Å². The van der Waals surface area contributed by atoms with E-state index < -0.39 is 10.0 Å². The van der Waals surface area contributed by atoms with Crippen LogP contribution >= 0.6 is 0 Å². The molecule has 0 amide bonds. The molecule has 4 N–H and O–H groups in total. The summed E-state index contributed by atoms with van der Waals surface area (Å²) in [5.74, 6) is 1.44. The molecule has 0 atom stereocenters. The lowest BCUT2D eigenvalue weighted by Crippen LogP contribution is -2.23. The lowest BCUT2D eigenvalue weighted by atomic mass is 9.95. The molecule has 1 fully saturated rings. The Balaban J connectivity index is 1.50. The minimum Gasteiger partial charge on any atom is -0.367 e. The smallest absolute Gasteiger partial charge is 0.238 e. The average molecular weight is 375 g/mol. The summed E-state index contributed by atoms with van der Waals surface area (Å²) in [6, 6.07) is 8.98. The Bertz CT molecular complexity index is 818. The standard InChI is InChI=1S/C18H25N5O2S/c19-26(24,25)16-8-6-14(7-9-16)10-12-20-18-21-13-11-17(23-18)22-15-4-2-1-3-5-15/h6-9,11,13,15H,1-5,10,12H2,(H2,19,24,25)(H2,20,21,22,23). The van der Waals surface area contributed by atoms with Gasteiger partial charge in [0.25, 0.3) is 0 Å². The quantitative estimate of drug-likeness (QED) is 0.686. The molecule has 1 aromatic heterocycles. The van der Waals surface area contributed by atoms with Crippen molar-refractivity contribution in [1.29, 1.82) is 0 Å². The number of benzene rings is 1. The summed E-state index contributed by atoms with van der Waals surface area (Å²) in [7, 11) is -3.64. The molecule has 26 heavy (non-hydrogen) atoms. The number of hydrogen-bond donors (Lipinski definition) is 3. The van der Waals surface area contributed by atoms with Crippen LogP contribution in [0.15, 0.2) is 41.4 Å². The van der Waals surface area contributed by atoms with E-state index in [0.29, 0.717) is 18.5 Å². The van der Waals surface area contributed by atoms with Crippen molar-refractivity contribution in [2.75, 3.05) is 17.2 Å². The normalized spacial score (nSPS) is 15.6. The van der Waals surface area contributed by atoms with Crippen molar-refractivity contribution in [3.8, 4) is 0 Å². The summed E-state index contributed by atoms with van der Waals surface area (Å²) in [5.41, 5.74) is 1.02. The third-order valence-corrected chi connectivity index (χ3v) is 5.49. The van der Waals surface area contributed by atoms with Gasteiger partial charge in [0.2, 0.25) is 16.0 Å². The number of primary sulfonamides is 1. The number of aromatic nitrogens is 2. The zero-order valence-corrected chi connectivity index (χ0v) is 15.5. The van der Waals surface area contributed by atoms with Crippen LogP contribution in [0.5, 0.6) is 0 Å². The molecular formula is C18H25N5O2S. The number of rotatable bonds is 7. The van der Waals surface area contributed by atoms with Crippen molar-refractivity contribution >= 4 is 21.8 Å². The van der Waals surface area contributed by atoms with Gasteiger partial charge in [-0.1, -0.05) is 31.4 Å². The highest BCUT2D eigenvalue weighted by molar-refractivity contribution is 7.89. The van der Waals surface area contributed by atoms with Gasteiger partial charge in [0, 0.05) is 18.8 Å². The first kappa shape index (κ1) is 18.6. The summed E-state index contributed by atoms with van der Waals surface area (Å²) in [4.78, 5) is 8.89. The van der Waals surface area contributed by atoms with Crippen molar-refractivity contribution in [2.45, 2.75) is 49.5 Å². The molecular weight excluding hydrogens is 350 g/mol. The van der Waals surface area contributed by atoms with Gasteiger partial charge in [-0.3, -0.25) is 0 Å². The van der Waals surface area contributed by atoms with Gasteiger partial charge < -0.3 is 10.6 Å². The number of anilines is 2. The van der Waals surface area contributed by atoms with Gasteiger partial charge in [-0.05, 0) is 43.0 Å². The molecule has 0 bridgehead atoms. The molecule has 0 radical (unpaired) electrons. The van der Waals surface area contributed by atoms with Crippen molar-refractivity contribution in [2.24, 2.45) is 5.14 Å². The second kappa shape index (κ2) is 8.46. The molecule has 0 unspecified atom stereocenters. The Hall–Kier alpha value is -2.19. The van der Waals surface area contributed by atoms with Crippen LogP contribution in [0.4, 0.5) is 11.8 Å². The van der Waals surface area contributed by atoms with E-state index >= 15 is 0 Å². The van der Waals surface area contributed by atoms with Crippen molar-refractivity contribution in [1.82, 2.24) is 9.97 Å². The van der Waals surface area contributed by atoms with E-state index in [9.17, 15) is 8.42 Å². The van der Waals surface area contributed by atoms with Gasteiger partial charge in [0.05, 0.1) is 4.90 Å². The average Bonchev–Trinajstić information content (AvgIpc) is 2.63. The van der Waals surface area contributed by atoms with E-state index in [1.807, 2.05) is 6.07 Å². The molecule has 0 spiro atoms. The molecule has 140 valence electrons. The minimum absolute atomic E-state index is 0.124. The molecule has 8 heteroatoms. The lowest BCUT2D eigenvalue weighted by Gasteiger charge is -2.23. The van der Waals surface area contributed by atoms with Crippen LogP contribution in [0.2, 0.25) is 0 Å². The second-order valence-electron chi connectivity index (χ2n) is 6.61. The highest BCUT2D eigenvalue weighted by atomic mass is 32.2. The van der Waals surface area contributed by atoms with E-state index in [1.165, 1.54) is 44.2 Å². The highest BCUT2D eigenvalue weighted by Gasteiger charge is 2.13. The SMILES string of the molecule is NS(=O)(=O)c1ccc(CCNc2nccc(NC3CCCCC3)n2)cc1. The van der Waals surface area contributed by atoms with Gasteiger partial charge >= 0.3 is 0 Å². The first-order valence-electron chi connectivity index (χ1n) is 8.96. The Labute approximate surface area is 154 Å². The Morgan fingerprint density at radius 1 is 1.08 bits per heavy atom.